The van der Waals surface area contributed by atoms with Crippen molar-refractivity contribution >= 4 is 23.3 Å². The van der Waals surface area contributed by atoms with Gasteiger partial charge in [-0.05, 0) is 62.4 Å². The molecule has 2 aromatic heterocycles. The molecule has 0 unspecified atom stereocenters. The minimum absolute atomic E-state index is 0.256. The molecule has 0 fully saturated rings. The van der Waals surface area contributed by atoms with Crippen LogP contribution in [0.2, 0.25) is 0 Å². The average molecular weight is 418 g/mol. The van der Waals surface area contributed by atoms with Crippen molar-refractivity contribution in [3.05, 3.63) is 80.6 Å². The minimum Gasteiger partial charge on any atom is -0.457 e. The SMILES string of the molecule is Cc1nnc(Nc2ccc(Oc3ccc(Nc4nnc(C)c(=O)[nH]4)cc3)cc2)[nH]c1=O. The predicted octanol–water partition coefficient (Wildman–Crippen LogP) is 2.54. The van der Waals surface area contributed by atoms with E-state index in [2.05, 4.69) is 41.0 Å². The number of hydrogen-bond acceptors (Lipinski definition) is 9. The Balaban J connectivity index is 1.38. The van der Waals surface area contributed by atoms with Gasteiger partial charge in [-0.2, -0.15) is 0 Å². The number of rotatable bonds is 6. The van der Waals surface area contributed by atoms with Crippen LogP contribution in [0, 0.1) is 13.8 Å². The van der Waals surface area contributed by atoms with Crippen molar-refractivity contribution in [2.45, 2.75) is 13.8 Å². The first-order valence-corrected chi connectivity index (χ1v) is 9.25. The second kappa shape index (κ2) is 8.45. The first kappa shape index (κ1) is 19.8. The molecule has 2 aromatic carbocycles. The molecule has 31 heavy (non-hydrogen) atoms. The minimum atomic E-state index is -0.295. The molecule has 0 amide bonds. The number of aromatic amines is 2. The van der Waals surface area contributed by atoms with Crippen LogP contribution in [0.3, 0.4) is 0 Å². The van der Waals surface area contributed by atoms with Crippen LogP contribution in [0.1, 0.15) is 11.4 Å². The predicted molar refractivity (Wildman–Crippen MR) is 114 cm³/mol. The topological polar surface area (TPSA) is 151 Å². The monoisotopic (exact) mass is 418 g/mol. The molecule has 0 bridgehead atoms. The van der Waals surface area contributed by atoms with Crippen LogP contribution in [0.5, 0.6) is 11.5 Å². The number of benzene rings is 2. The zero-order chi connectivity index (χ0) is 21.8. The summed E-state index contributed by atoms with van der Waals surface area (Å²) < 4.78 is 5.83. The van der Waals surface area contributed by atoms with Gasteiger partial charge in [0.2, 0.25) is 11.9 Å². The fourth-order valence-corrected chi connectivity index (χ4v) is 2.52. The smallest absolute Gasteiger partial charge is 0.273 e. The lowest BCUT2D eigenvalue weighted by Gasteiger charge is -2.09. The van der Waals surface area contributed by atoms with Crippen LogP contribution in [0.25, 0.3) is 0 Å². The van der Waals surface area contributed by atoms with Crippen molar-refractivity contribution in [3.8, 4) is 11.5 Å². The number of aryl methyl sites for hydroxylation is 2. The standard InChI is InChI=1S/C20H18N8O3/c1-11-17(29)23-19(27-25-11)21-13-3-7-15(8-4-13)31-16-9-5-14(6-10-16)22-20-24-18(30)12(2)26-28-20/h3-10H,1-2H3,(H2,21,23,27,29)(H2,22,24,28,30). The van der Waals surface area contributed by atoms with Crippen LogP contribution >= 0.6 is 0 Å². The first-order valence-electron chi connectivity index (χ1n) is 9.25. The van der Waals surface area contributed by atoms with Gasteiger partial charge in [0.05, 0.1) is 0 Å². The van der Waals surface area contributed by atoms with Gasteiger partial charge in [0.1, 0.15) is 22.9 Å². The highest BCUT2D eigenvalue weighted by Crippen LogP contribution is 2.25. The molecule has 4 aromatic rings. The van der Waals surface area contributed by atoms with Crippen LogP contribution in [0.15, 0.2) is 58.1 Å². The largest absolute Gasteiger partial charge is 0.457 e. The van der Waals surface area contributed by atoms with E-state index in [1.165, 1.54) is 0 Å². The first-order chi connectivity index (χ1) is 15.0. The Kier molecular flexibility index (Phi) is 5.39. The van der Waals surface area contributed by atoms with E-state index in [0.717, 1.165) is 0 Å². The molecular weight excluding hydrogens is 400 g/mol. The van der Waals surface area contributed by atoms with E-state index in [0.29, 0.717) is 34.3 Å². The van der Waals surface area contributed by atoms with E-state index in [1.807, 2.05) is 0 Å². The Morgan fingerprint density at radius 2 is 1.03 bits per heavy atom. The molecule has 11 heteroatoms. The van der Waals surface area contributed by atoms with Crippen LogP contribution < -0.4 is 26.5 Å². The highest BCUT2D eigenvalue weighted by atomic mass is 16.5. The van der Waals surface area contributed by atoms with Crippen molar-refractivity contribution in [2.24, 2.45) is 0 Å². The highest BCUT2D eigenvalue weighted by molar-refractivity contribution is 5.56. The molecule has 0 spiro atoms. The van der Waals surface area contributed by atoms with E-state index in [-0.39, 0.29) is 23.0 Å². The number of aromatic nitrogens is 6. The lowest BCUT2D eigenvalue weighted by atomic mass is 10.3. The molecular formula is C20H18N8O3. The van der Waals surface area contributed by atoms with E-state index < -0.39 is 0 Å². The Bertz CT molecular complexity index is 1210. The summed E-state index contributed by atoms with van der Waals surface area (Å²) in [5.41, 5.74) is 1.45. The van der Waals surface area contributed by atoms with E-state index >= 15 is 0 Å². The summed E-state index contributed by atoms with van der Waals surface area (Å²) in [6.45, 7) is 3.17. The Morgan fingerprint density at radius 1 is 0.645 bits per heavy atom. The fraction of sp³-hybridized carbons (Fsp3) is 0.100. The van der Waals surface area contributed by atoms with Gasteiger partial charge in [0, 0.05) is 11.4 Å². The number of nitrogens with zero attached hydrogens (tertiary/aromatic N) is 4. The molecule has 0 atom stereocenters. The molecule has 4 rings (SSSR count). The molecule has 0 saturated carbocycles. The maximum Gasteiger partial charge on any atom is 0.273 e. The fourth-order valence-electron chi connectivity index (χ4n) is 2.52. The number of ether oxygens (including phenoxy) is 1. The Hall–Kier alpha value is -4.54. The highest BCUT2D eigenvalue weighted by Gasteiger charge is 2.04. The Morgan fingerprint density at radius 3 is 1.39 bits per heavy atom. The van der Waals surface area contributed by atoms with Crippen molar-refractivity contribution in [1.29, 1.82) is 0 Å². The van der Waals surface area contributed by atoms with Crippen molar-refractivity contribution < 1.29 is 4.74 Å². The molecule has 0 aliphatic heterocycles. The second-order valence-corrected chi connectivity index (χ2v) is 6.58. The zero-order valence-electron chi connectivity index (χ0n) is 16.6. The summed E-state index contributed by atoms with van der Waals surface area (Å²) in [6, 6.07) is 14.3. The summed E-state index contributed by atoms with van der Waals surface area (Å²) in [7, 11) is 0. The van der Waals surface area contributed by atoms with E-state index in [9.17, 15) is 9.59 Å². The average Bonchev–Trinajstić information content (AvgIpc) is 2.76. The number of anilines is 4. The maximum absolute atomic E-state index is 11.6. The molecule has 156 valence electrons. The third-order valence-electron chi connectivity index (χ3n) is 4.19. The molecule has 0 radical (unpaired) electrons. The van der Waals surface area contributed by atoms with Gasteiger partial charge >= 0.3 is 0 Å². The molecule has 0 aliphatic carbocycles. The van der Waals surface area contributed by atoms with Gasteiger partial charge in [-0.1, -0.05) is 0 Å². The van der Waals surface area contributed by atoms with Crippen molar-refractivity contribution in [2.75, 3.05) is 10.6 Å². The molecule has 0 aliphatic rings. The van der Waals surface area contributed by atoms with Gasteiger partial charge in [0.25, 0.3) is 11.1 Å². The van der Waals surface area contributed by atoms with Gasteiger partial charge in [0.15, 0.2) is 0 Å². The van der Waals surface area contributed by atoms with Crippen LogP contribution in [-0.4, -0.2) is 30.4 Å². The quantitative estimate of drug-likeness (QED) is 0.370. The summed E-state index contributed by atoms with van der Waals surface area (Å²) in [5.74, 6) is 1.77. The van der Waals surface area contributed by atoms with Crippen molar-refractivity contribution in [1.82, 2.24) is 30.4 Å². The molecule has 2 heterocycles. The summed E-state index contributed by atoms with van der Waals surface area (Å²) in [4.78, 5) is 28.4. The van der Waals surface area contributed by atoms with Crippen LogP contribution in [-0.2, 0) is 0 Å². The number of nitrogens with one attached hydrogen (secondary N) is 4. The molecule has 11 nitrogen and oxygen atoms in total. The van der Waals surface area contributed by atoms with E-state index in [4.69, 9.17) is 4.74 Å². The summed E-state index contributed by atoms with van der Waals surface area (Å²) in [6.07, 6.45) is 0. The lowest BCUT2D eigenvalue weighted by molar-refractivity contribution is 0.483. The summed E-state index contributed by atoms with van der Waals surface area (Å²) in [5, 5.41) is 21.3. The summed E-state index contributed by atoms with van der Waals surface area (Å²) >= 11 is 0. The number of H-pyrrole nitrogens is 2. The van der Waals surface area contributed by atoms with Gasteiger partial charge in [-0.25, -0.2) is 0 Å². The third kappa shape index (κ3) is 4.90. The lowest BCUT2D eigenvalue weighted by Crippen LogP contribution is -2.15. The second-order valence-electron chi connectivity index (χ2n) is 6.58. The van der Waals surface area contributed by atoms with Gasteiger partial charge < -0.3 is 15.4 Å². The van der Waals surface area contributed by atoms with Crippen LogP contribution in [0.4, 0.5) is 23.3 Å². The molecule has 0 saturated heterocycles. The third-order valence-corrected chi connectivity index (χ3v) is 4.19. The molecule has 4 N–H and O–H groups in total. The normalized spacial score (nSPS) is 10.5. The number of hydrogen-bond donors (Lipinski definition) is 4. The van der Waals surface area contributed by atoms with Crippen molar-refractivity contribution in [3.63, 3.8) is 0 Å². The van der Waals surface area contributed by atoms with Gasteiger partial charge in [-0.3, -0.25) is 19.6 Å². The van der Waals surface area contributed by atoms with E-state index in [1.54, 1.807) is 62.4 Å². The van der Waals surface area contributed by atoms with Gasteiger partial charge in [-0.15, -0.1) is 20.4 Å². The maximum atomic E-state index is 11.6. The zero-order valence-corrected chi connectivity index (χ0v) is 16.6. The Labute approximate surface area is 175 Å².